The van der Waals surface area contributed by atoms with Crippen LogP contribution in [0.2, 0.25) is 5.02 Å². The van der Waals surface area contributed by atoms with Gasteiger partial charge in [0.05, 0.1) is 11.6 Å². The molecule has 0 radical (unpaired) electrons. The number of carboxylic acid groups (broad SMARTS) is 1. The Morgan fingerprint density at radius 1 is 1.12 bits per heavy atom. The van der Waals surface area contributed by atoms with Crippen molar-refractivity contribution in [2.24, 2.45) is 5.41 Å². The zero-order chi connectivity index (χ0) is 23.6. The van der Waals surface area contributed by atoms with E-state index >= 15 is 0 Å². The molecule has 2 aromatic carbocycles. The Labute approximate surface area is 198 Å². The predicted octanol–water partition coefficient (Wildman–Crippen LogP) is 6.35. The van der Waals surface area contributed by atoms with E-state index < -0.39 is 12.3 Å². The summed E-state index contributed by atoms with van der Waals surface area (Å²) in [6.07, 6.45) is 2.65. The van der Waals surface area contributed by atoms with Gasteiger partial charge in [0.15, 0.2) is 0 Å². The van der Waals surface area contributed by atoms with Gasteiger partial charge in [-0.3, -0.25) is 4.79 Å². The molecule has 2 aromatic rings. The lowest BCUT2D eigenvalue weighted by molar-refractivity contribution is 0.0326. The highest BCUT2D eigenvalue weighted by Crippen LogP contribution is 2.42. The Balaban J connectivity index is 1.41. The summed E-state index contributed by atoms with van der Waals surface area (Å²) in [5, 5.41) is 12.4. The molecule has 1 fully saturated rings. The van der Waals surface area contributed by atoms with Gasteiger partial charge in [-0.2, -0.15) is 0 Å². The first-order valence-corrected chi connectivity index (χ1v) is 11.5. The van der Waals surface area contributed by atoms with Gasteiger partial charge in [0.2, 0.25) is 0 Å². The minimum atomic E-state index is -1.35. The number of amides is 1. The van der Waals surface area contributed by atoms with Crippen molar-refractivity contribution in [3.8, 4) is 17.2 Å². The highest BCUT2D eigenvalue weighted by molar-refractivity contribution is 6.32. The summed E-state index contributed by atoms with van der Waals surface area (Å²) in [6.45, 7) is 4.87. The van der Waals surface area contributed by atoms with Gasteiger partial charge < -0.3 is 24.6 Å². The van der Waals surface area contributed by atoms with E-state index in [1.165, 1.54) is 0 Å². The molecule has 2 aliphatic rings. The molecule has 0 aromatic heterocycles. The predicted molar refractivity (Wildman–Crippen MR) is 123 cm³/mol. The Morgan fingerprint density at radius 3 is 2.48 bits per heavy atom. The van der Waals surface area contributed by atoms with Crippen molar-refractivity contribution in [3.05, 3.63) is 52.5 Å². The van der Waals surface area contributed by atoms with Gasteiger partial charge in [-0.1, -0.05) is 25.4 Å². The molecule has 0 spiro atoms. The fourth-order valence-electron chi connectivity index (χ4n) is 4.29. The van der Waals surface area contributed by atoms with E-state index in [9.17, 15) is 9.59 Å². The van der Waals surface area contributed by atoms with E-state index in [0.29, 0.717) is 51.8 Å². The van der Waals surface area contributed by atoms with Crippen LogP contribution in [0.5, 0.6) is 17.2 Å². The van der Waals surface area contributed by atoms with Crippen molar-refractivity contribution in [1.82, 2.24) is 5.32 Å². The lowest BCUT2D eigenvalue weighted by Gasteiger charge is -2.34. The van der Waals surface area contributed by atoms with Crippen LogP contribution in [0.4, 0.5) is 4.79 Å². The number of hydrogen-bond acceptors (Lipinski definition) is 5. The number of carbonyl (C=O) groups is 2. The van der Waals surface area contributed by atoms with Crippen LogP contribution >= 0.6 is 11.6 Å². The standard InChI is InChI=1S/C25H28ClNO6/c1-25(2)10-7-16(8-11-25)27-23(28)15-3-5-17(6-4-15)32-22-14-21-18(13-19(22)26)20(9-12-31-21)33-24(29)30/h3-6,13-14,16,20H,7-12H2,1-2H3,(H,27,28)(H,29,30). The van der Waals surface area contributed by atoms with Crippen LogP contribution in [0.15, 0.2) is 36.4 Å². The van der Waals surface area contributed by atoms with E-state index in [0.717, 1.165) is 25.7 Å². The van der Waals surface area contributed by atoms with Gasteiger partial charge in [0.1, 0.15) is 23.4 Å². The fourth-order valence-corrected chi connectivity index (χ4v) is 4.50. The van der Waals surface area contributed by atoms with Crippen molar-refractivity contribution in [2.75, 3.05) is 6.61 Å². The van der Waals surface area contributed by atoms with Crippen LogP contribution in [0.25, 0.3) is 0 Å². The second-order valence-corrected chi connectivity index (χ2v) is 9.78. The molecule has 1 unspecified atom stereocenters. The number of ether oxygens (including phenoxy) is 3. The van der Waals surface area contributed by atoms with Gasteiger partial charge in [0, 0.05) is 29.7 Å². The molecule has 1 aliphatic heterocycles. The summed E-state index contributed by atoms with van der Waals surface area (Å²) in [6, 6.07) is 10.3. The van der Waals surface area contributed by atoms with Crippen molar-refractivity contribution in [3.63, 3.8) is 0 Å². The van der Waals surface area contributed by atoms with E-state index in [1.54, 1.807) is 36.4 Å². The average molecular weight is 474 g/mol. The zero-order valence-electron chi connectivity index (χ0n) is 18.7. The third-order valence-electron chi connectivity index (χ3n) is 6.31. The van der Waals surface area contributed by atoms with Crippen molar-refractivity contribution in [2.45, 2.75) is 58.1 Å². The van der Waals surface area contributed by atoms with Gasteiger partial charge in [0.25, 0.3) is 5.91 Å². The van der Waals surface area contributed by atoms with Crippen molar-refractivity contribution < 1.29 is 28.9 Å². The highest BCUT2D eigenvalue weighted by atomic mass is 35.5. The molecule has 33 heavy (non-hydrogen) atoms. The molecule has 176 valence electrons. The molecule has 4 rings (SSSR count). The summed E-state index contributed by atoms with van der Waals surface area (Å²) < 4.78 is 16.5. The largest absolute Gasteiger partial charge is 0.506 e. The second kappa shape index (κ2) is 9.51. The molecule has 8 heteroatoms. The quantitative estimate of drug-likeness (QED) is 0.491. The number of halogens is 1. The monoisotopic (exact) mass is 473 g/mol. The number of benzene rings is 2. The third-order valence-corrected chi connectivity index (χ3v) is 6.61. The Morgan fingerprint density at radius 2 is 1.82 bits per heavy atom. The number of nitrogens with one attached hydrogen (secondary N) is 1. The maximum atomic E-state index is 12.6. The van der Waals surface area contributed by atoms with Gasteiger partial charge >= 0.3 is 6.16 Å². The minimum absolute atomic E-state index is 0.0871. The lowest BCUT2D eigenvalue weighted by Crippen LogP contribution is -2.39. The molecule has 1 aliphatic carbocycles. The number of hydrogen-bond donors (Lipinski definition) is 2. The molecule has 2 N–H and O–H groups in total. The Kier molecular flexibility index (Phi) is 6.70. The molecule has 1 heterocycles. The van der Waals surface area contributed by atoms with Crippen LogP contribution in [0.1, 0.15) is 68.0 Å². The topological polar surface area (TPSA) is 94.1 Å². The molecule has 7 nitrogen and oxygen atoms in total. The minimum Gasteiger partial charge on any atom is -0.493 e. The third kappa shape index (κ3) is 5.71. The van der Waals surface area contributed by atoms with Crippen LogP contribution in [0, 0.1) is 5.41 Å². The summed E-state index contributed by atoms with van der Waals surface area (Å²) in [7, 11) is 0. The van der Waals surface area contributed by atoms with E-state index in [-0.39, 0.29) is 11.9 Å². The van der Waals surface area contributed by atoms with Crippen molar-refractivity contribution in [1.29, 1.82) is 0 Å². The average Bonchev–Trinajstić information content (AvgIpc) is 2.76. The molecule has 1 atom stereocenters. The molecule has 1 saturated carbocycles. The molecule has 0 saturated heterocycles. The Bertz CT molecular complexity index is 1030. The maximum Gasteiger partial charge on any atom is 0.506 e. The molecular weight excluding hydrogens is 446 g/mol. The molecular formula is C25H28ClNO6. The summed E-state index contributed by atoms with van der Waals surface area (Å²) in [5.74, 6) is 1.27. The Hall–Kier alpha value is -2.93. The zero-order valence-corrected chi connectivity index (χ0v) is 19.5. The molecule has 0 bridgehead atoms. The normalized spacial score (nSPS) is 19.7. The summed E-state index contributed by atoms with van der Waals surface area (Å²) in [5.41, 5.74) is 1.49. The first-order chi connectivity index (χ1) is 15.7. The second-order valence-electron chi connectivity index (χ2n) is 9.37. The first-order valence-electron chi connectivity index (χ1n) is 11.1. The van der Waals surface area contributed by atoms with Gasteiger partial charge in [-0.15, -0.1) is 0 Å². The van der Waals surface area contributed by atoms with Crippen LogP contribution < -0.4 is 14.8 Å². The van der Waals surface area contributed by atoms with Crippen LogP contribution in [0.3, 0.4) is 0 Å². The number of rotatable bonds is 5. The van der Waals surface area contributed by atoms with Gasteiger partial charge in [-0.05, 0) is 61.4 Å². The molecule has 1 amide bonds. The number of carbonyl (C=O) groups excluding carboxylic acids is 1. The van der Waals surface area contributed by atoms with Gasteiger partial charge in [-0.25, -0.2) is 4.79 Å². The van der Waals surface area contributed by atoms with E-state index in [1.807, 2.05) is 0 Å². The summed E-state index contributed by atoms with van der Waals surface area (Å²) >= 11 is 6.38. The van der Waals surface area contributed by atoms with E-state index in [4.69, 9.17) is 30.9 Å². The van der Waals surface area contributed by atoms with Crippen molar-refractivity contribution >= 4 is 23.7 Å². The van der Waals surface area contributed by atoms with Crippen LogP contribution in [-0.2, 0) is 4.74 Å². The summed E-state index contributed by atoms with van der Waals surface area (Å²) in [4.78, 5) is 23.6. The van der Waals surface area contributed by atoms with E-state index in [2.05, 4.69) is 19.2 Å². The lowest BCUT2D eigenvalue weighted by atomic mass is 9.75. The smallest absolute Gasteiger partial charge is 0.493 e. The highest BCUT2D eigenvalue weighted by Gasteiger charge is 2.28. The van der Waals surface area contributed by atoms with Crippen LogP contribution in [-0.4, -0.2) is 29.8 Å². The SMILES string of the molecule is CC1(C)CCC(NC(=O)c2ccc(Oc3cc4c(cc3Cl)C(OC(=O)O)CCO4)cc2)CC1. The fraction of sp³-hybridized carbons (Fsp3) is 0.440. The first kappa shape index (κ1) is 23.2. The maximum absolute atomic E-state index is 12.6. The number of fused-ring (bicyclic) bond motifs is 1.